The number of amides is 4. The molecule has 0 saturated carbocycles. The molecule has 4 aliphatic rings. The molecule has 0 fully saturated rings. The molecule has 0 spiro atoms. The Labute approximate surface area is 816 Å². The fourth-order valence-electron chi connectivity index (χ4n) is 16.7. The number of nitrogens with one attached hydrogen (secondary N) is 4. The van der Waals surface area contributed by atoms with Gasteiger partial charge in [-0.25, -0.2) is 32.5 Å². The molecule has 140 heavy (non-hydrogen) atoms. The molecule has 12 aromatic rings. The quantitative estimate of drug-likeness (QED) is 0.0138. The number of carbonyl (C=O) groups excluding carboxylic acids is 4. The van der Waals surface area contributed by atoms with Crippen LogP contribution >= 0.6 is 34.0 Å². The highest BCUT2D eigenvalue weighted by Crippen LogP contribution is 2.49. The predicted molar refractivity (Wildman–Crippen MR) is 534 cm³/mol. The number of hydrogen-bond acceptors (Lipinski definition) is 28. The number of methoxy groups -OCH3 is 8. The number of halogens is 4. The van der Waals surface area contributed by atoms with Gasteiger partial charge in [0.25, 0.3) is 0 Å². The van der Waals surface area contributed by atoms with E-state index < -0.39 is 34.3 Å². The highest BCUT2D eigenvalue weighted by atomic mass is 32.1. The Balaban J connectivity index is 0.000000157. The molecule has 0 saturated heterocycles. The monoisotopic (exact) mass is 1960 g/mol. The van der Waals surface area contributed by atoms with E-state index in [0.717, 1.165) is 99.1 Å². The van der Waals surface area contributed by atoms with Gasteiger partial charge in [-0.15, -0.1) is 34.0 Å². The Morgan fingerprint density at radius 3 is 0.936 bits per heavy atom. The molecule has 4 aliphatic carbocycles. The molecule has 0 atom stereocenters. The zero-order chi connectivity index (χ0) is 100. The Bertz CT molecular complexity index is 6000. The zero-order valence-corrected chi connectivity index (χ0v) is 80.3. The van der Waals surface area contributed by atoms with E-state index in [0.29, 0.717) is 75.5 Å². The third-order valence-corrected chi connectivity index (χ3v) is 25.7. The number of carbonyl (C=O) groups is 4. The maximum Gasteiger partial charge on any atom is 0.496 e. The number of allylic oxidation sites excluding steroid dienone is 8. The second kappa shape index (κ2) is 46.9. The molecule has 4 aromatic heterocycles. The fourth-order valence-corrected chi connectivity index (χ4v) is 18.4. The molecule has 0 unspecified atom stereocenters. The summed E-state index contributed by atoms with van der Waals surface area (Å²) in [6.07, 6.45) is 14.0. The Morgan fingerprint density at radius 2 is 0.679 bits per heavy atom. The van der Waals surface area contributed by atoms with Gasteiger partial charge >= 0.3 is 28.5 Å². The molecule has 4 heterocycles. The van der Waals surface area contributed by atoms with Gasteiger partial charge in [-0.3, -0.25) is 24.2 Å². The van der Waals surface area contributed by atoms with Gasteiger partial charge in [0.2, 0.25) is 23.6 Å². The number of fused-ring (bicyclic) bond motifs is 4. The van der Waals surface area contributed by atoms with Crippen molar-refractivity contribution < 1.29 is 119 Å². The van der Waals surface area contributed by atoms with Crippen molar-refractivity contribution in [1.29, 1.82) is 0 Å². The maximum atomic E-state index is 14.2. The minimum atomic E-state index is -1.78. The molecular weight excluding hydrogens is 1860 g/mol. The third kappa shape index (κ3) is 24.2. The standard InChI is InChI=1S/C25H24BFN2O6.3C25H24BFN2O5S/c1-14-19(6-15-7-22(33-2)25(26(31)32)23(8-15)34-3)18-5-4-16(27)9-21(18)20(14)10-24(30)29-12-17-11-28-13-35-17;1-14-19(6-15-7-22(33-2)25(26(31)32)23(8-15)34-3)18-5-4-16(27)9-21(18)20(14)10-24(30)28-11-17-12-35-13-29-17;1-14-19(6-15-7-22(33-2)25(26(31)32)23(8-15)34-3)18-5-4-16(27)9-21(18)20(14)10-24(30)29-12-17-11-28-13-35-17;1-14-18(8-15-9-21(33-2)25(26(31)32)22(10-15)34-3)17-5-4-16(27)11-20(17)19(14)12-23(30)29-13-24-28-6-7-35-24/h4-9,11,13,31-32H,10,12H2,1-3H3,(H,29,30);4-9,12-13,31-32H,10-11H2,1-3H3,(H,28,30);4-9,11,13,31-32H,10,12H2,1-3H3,(H,29,30);4-11,31-32H,12-13H2,1-3H3,(H,29,30). The van der Waals surface area contributed by atoms with Crippen LogP contribution in [-0.2, 0) is 45.4 Å². The second-order valence-corrected chi connectivity index (χ2v) is 34.6. The number of benzene rings is 8. The summed E-state index contributed by atoms with van der Waals surface area (Å²) in [6, 6.07) is 31.4. The van der Waals surface area contributed by atoms with Crippen LogP contribution in [0.1, 0.15) is 141 Å². The summed E-state index contributed by atoms with van der Waals surface area (Å²) in [5.41, 5.74) is 22.8. The number of thiazole rings is 3. The molecule has 29 nitrogen and oxygen atoms in total. The van der Waals surface area contributed by atoms with Gasteiger partial charge in [0.05, 0.1) is 154 Å². The van der Waals surface area contributed by atoms with Crippen LogP contribution in [0.2, 0.25) is 0 Å². The average molecular weight is 1960 g/mol. The lowest BCUT2D eigenvalue weighted by Gasteiger charge is -2.14. The van der Waals surface area contributed by atoms with Crippen LogP contribution in [0.4, 0.5) is 17.6 Å². The van der Waals surface area contributed by atoms with E-state index in [4.69, 9.17) is 42.3 Å². The van der Waals surface area contributed by atoms with Crippen LogP contribution in [0, 0.1) is 23.3 Å². The van der Waals surface area contributed by atoms with E-state index in [1.165, 1.54) is 152 Å². The minimum Gasteiger partial charge on any atom is -0.497 e. The third-order valence-electron chi connectivity index (χ3n) is 23.5. The molecule has 0 bridgehead atoms. The van der Waals surface area contributed by atoms with Gasteiger partial charge in [-0.2, -0.15) is 0 Å². The lowest BCUT2D eigenvalue weighted by Crippen LogP contribution is -2.32. The van der Waals surface area contributed by atoms with Gasteiger partial charge in [-0.05, 0) is 283 Å². The topological polar surface area (TPSA) is 417 Å². The van der Waals surface area contributed by atoms with Crippen molar-refractivity contribution in [3.8, 4) is 46.0 Å². The largest absolute Gasteiger partial charge is 0.497 e. The van der Waals surface area contributed by atoms with E-state index in [1.54, 1.807) is 96.2 Å². The molecular formula is C100H96B4F4N8O21S3. The van der Waals surface area contributed by atoms with Crippen LogP contribution in [0.3, 0.4) is 0 Å². The number of nitrogens with zero attached hydrogens (tertiary/aromatic N) is 4. The van der Waals surface area contributed by atoms with Crippen molar-refractivity contribution >= 4 is 177 Å². The van der Waals surface area contributed by atoms with Gasteiger partial charge in [0.15, 0.2) is 6.39 Å². The van der Waals surface area contributed by atoms with E-state index in [-0.39, 0.29) is 141 Å². The first-order valence-electron chi connectivity index (χ1n) is 43.2. The van der Waals surface area contributed by atoms with Crippen molar-refractivity contribution in [2.75, 3.05) is 56.9 Å². The van der Waals surface area contributed by atoms with E-state index >= 15 is 0 Å². The van der Waals surface area contributed by atoms with Gasteiger partial charge in [0, 0.05) is 28.0 Å². The molecule has 8 aromatic carbocycles. The molecule has 0 aliphatic heterocycles. The van der Waals surface area contributed by atoms with Crippen molar-refractivity contribution in [1.82, 2.24) is 41.2 Å². The smallest absolute Gasteiger partial charge is 0.496 e. The second-order valence-electron chi connectivity index (χ2n) is 31.9. The predicted octanol–water partition coefficient (Wildman–Crippen LogP) is 11.6. The summed E-state index contributed by atoms with van der Waals surface area (Å²) in [4.78, 5) is 67.9. The van der Waals surface area contributed by atoms with Crippen LogP contribution in [0.5, 0.6) is 46.0 Å². The highest BCUT2D eigenvalue weighted by molar-refractivity contribution is 7.09. The summed E-state index contributed by atoms with van der Waals surface area (Å²) in [5, 5.41) is 93.9. The summed E-state index contributed by atoms with van der Waals surface area (Å²) in [5.74, 6) is 0.224. The van der Waals surface area contributed by atoms with Crippen molar-refractivity contribution in [2.45, 2.75) is 79.6 Å². The summed E-state index contributed by atoms with van der Waals surface area (Å²) in [6.45, 7) is 8.82. The summed E-state index contributed by atoms with van der Waals surface area (Å²) >= 11 is 4.38. The van der Waals surface area contributed by atoms with Crippen LogP contribution in [0.15, 0.2) is 195 Å². The average Bonchev–Trinajstić information content (AvgIpc) is 1.63. The minimum absolute atomic E-state index is 0.0516. The first-order valence-corrected chi connectivity index (χ1v) is 45.9. The van der Waals surface area contributed by atoms with E-state index in [2.05, 4.69) is 41.2 Å². The number of aromatic nitrogens is 4. The van der Waals surface area contributed by atoms with Crippen molar-refractivity contribution in [2.24, 2.45) is 0 Å². The first-order chi connectivity index (χ1) is 67.3. The molecule has 720 valence electrons. The van der Waals surface area contributed by atoms with Crippen LogP contribution in [-0.4, -0.2) is 169 Å². The number of oxazole rings is 1. The highest BCUT2D eigenvalue weighted by Gasteiger charge is 2.35. The summed E-state index contributed by atoms with van der Waals surface area (Å²) < 4.78 is 105. The molecule has 4 amide bonds. The molecule has 16 rings (SSSR count). The van der Waals surface area contributed by atoms with Crippen LogP contribution in [0.25, 0.3) is 68.9 Å². The first kappa shape index (κ1) is 103. The van der Waals surface area contributed by atoms with Crippen LogP contribution < -0.4 is 81.0 Å². The van der Waals surface area contributed by atoms with Crippen molar-refractivity contribution in [3.63, 3.8) is 0 Å². The Kier molecular flexibility index (Phi) is 34.6. The summed E-state index contributed by atoms with van der Waals surface area (Å²) in [7, 11) is 4.33. The van der Waals surface area contributed by atoms with E-state index in [9.17, 15) is 76.9 Å². The number of ether oxygens (including phenoxy) is 8. The van der Waals surface area contributed by atoms with Crippen molar-refractivity contribution in [3.05, 3.63) is 302 Å². The fraction of sp³-hybridized carbons (Fsp3) is 0.200. The molecule has 40 heteroatoms. The normalized spacial score (nSPS) is 13.7. The lowest BCUT2D eigenvalue weighted by molar-refractivity contribution is -0.121. The Morgan fingerprint density at radius 1 is 0.371 bits per heavy atom. The van der Waals surface area contributed by atoms with Gasteiger partial charge in [-0.1, -0.05) is 24.3 Å². The maximum absolute atomic E-state index is 14.2. The van der Waals surface area contributed by atoms with E-state index in [1.807, 2.05) is 62.8 Å². The molecule has 0 radical (unpaired) electrons. The molecule has 12 N–H and O–H groups in total. The number of hydrogen-bond donors (Lipinski definition) is 12. The number of rotatable bonds is 32. The SMILES string of the molecule is COc1cc(C=C2C(C)=C(CC(=O)NCc3cnco3)c3cc(F)ccc32)cc(OC)c1B(O)O.COc1cc(C=C2C(C)=C(CC(=O)NCc3cncs3)c3cc(F)ccc32)cc(OC)c1B(O)O.COc1cc(C=C2C(C)=C(CC(=O)NCc3cscn3)c3cc(F)ccc32)cc(OC)c1B(O)O.COc1cc(C=C2C(C)=C(CC(=O)NCc3nccs3)c3cc(F)ccc32)cc(OC)c1B(O)O. The lowest BCUT2D eigenvalue weighted by atomic mass is 9.78. The Hall–Kier alpha value is -14.3. The zero-order valence-electron chi connectivity index (χ0n) is 77.9. The van der Waals surface area contributed by atoms with Gasteiger partial charge in [0.1, 0.15) is 80.0 Å². The van der Waals surface area contributed by atoms with Gasteiger partial charge < -0.3 is 104 Å².